The molecule has 2 aromatic heterocycles. The van der Waals surface area contributed by atoms with Crippen LogP contribution in [-0.2, 0) is 19.5 Å². The standard InChI is InChI=1S/C14H19N3/c1-2-17-11-3-4-14(17)12-16-10-7-13-5-8-15-9-6-13/h3-6,8-9,11,16H,2,7,10,12H2,1H3. The smallest absolute Gasteiger partial charge is 0.0359 e. The molecule has 0 fully saturated rings. The molecule has 90 valence electrons. The van der Waals surface area contributed by atoms with Crippen molar-refractivity contribution in [1.82, 2.24) is 14.9 Å². The molecule has 0 aliphatic rings. The highest BCUT2D eigenvalue weighted by atomic mass is 15.0. The maximum absolute atomic E-state index is 4.01. The number of rotatable bonds is 6. The first-order valence-electron chi connectivity index (χ1n) is 6.14. The van der Waals surface area contributed by atoms with Gasteiger partial charge in [-0.25, -0.2) is 0 Å². The highest BCUT2D eigenvalue weighted by Gasteiger charge is 1.98. The van der Waals surface area contributed by atoms with Crippen LogP contribution in [0.2, 0.25) is 0 Å². The van der Waals surface area contributed by atoms with Gasteiger partial charge in [-0.3, -0.25) is 4.98 Å². The lowest BCUT2D eigenvalue weighted by molar-refractivity contribution is 0.628. The highest BCUT2D eigenvalue weighted by molar-refractivity contribution is 5.10. The van der Waals surface area contributed by atoms with Crippen LogP contribution < -0.4 is 5.32 Å². The van der Waals surface area contributed by atoms with Crippen molar-refractivity contribution in [3.63, 3.8) is 0 Å². The molecular weight excluding hydrogens is 210 g/mol. The number of aryl methyl sites for hydroxylation is 1. The van der Waals surface area contributed by atoms with Gasteiger partial charge in [-0.1, -0.05) is 0 Å². The zero-order valence-corrected chi connectivity index (χ0v) is 10.3. The van der Waals surface area contributed by atoms with Crippen molar-refractivity contribution in [1.29, 1.82) is 0 Å². The first-order chi connectivity index (χ1) is 8.40. The average Bonchev–Trinajstić information content (AvgIpc) is 2.83. The van der Waals surface area contributed by atoms with Crippen molar-refractivity contribution in [2.75, 3.05) is 6.54 Å². The van der Waals surface area contributed by atoms with Gasteiger partial charge in [0, 0.05) is 37.4 Å². The second-order valence-corrected chi connectivity index (χ2v) is 4.07. The molecule has 2 heterocycles. The van der Waals surface area contributed by atoms with E-state index in [1.54, 1.807) is 0 Å². The Morgan fingerprint density at radius 1 is 1.24 bits per heavy atom. The van der Waals surface area contributed by atoms with Gasteiger partial charge in [0.2, 0.25) is 0 Å². The van der Waals surface area contributed by atoms with Crippen molar-refractivity contribution in [2.45, 2.75) is 26.4 Å². The predicted molar refractivity (Wildman–Crippen MR) is 69.8 cm³/mol. The summed E-state index contributed by atoms with van der Waals surface area (Å²) in [5.41, 5.74) is 2.68. The molecule has 2 rings (SSSR count). The third kappa shape index (κ3) is 3.43. The zero-order chi connectivity index (χ0) is 11.9. The molecule has 0 spiro atoms. The molecule has 0 aliphatic carbocycles. The van der Waals surface area contributed by atoms with Gasteiger partial charge in [-0.15, -0.1) is 0 Å². The summed E-state index contributed by atoms with van der Waals surface area (Å²) >= 11 is 0. The Morgan fingerprint density at radius 2 is 2.06 bits per heavy atom. The summed E-state index contributed by atoms with van der Waals surface area (Å²) < 4.78 is 2.26. The van der Waals surface area contributed by atoms with E-state index in [9.17, 15) is 0 Å². The van der Waals surface area contributed by atoms with E-state index in [4.69, 9.17) is 0 Å². The van der Waals surface area contributed by atoms with Gasteiger partial charge < -0.3 is 9.88 Å². The van der Waals surface area contributed by atoms with Gasteiger partial charge in [0.25, 0.3) is 0 Å². The van der Waals surface area contributed by atoms with Crippen LogP contribution in [0.5, 0.6) is 0 Å². The molecular formula is C14H19N3. The summed E-state index contributed by atoms with van der Waals surface area (Å²) in [6, 6.07) is 8.40. The first kappa shape index (κ1) is 11.9. The van der Waals surface area contributed by atoms with Crippen LogP contribution in [-0.4, -0.2) is 16.1 Å². The normalized spacial score (nSPS) is 10.6. The number of hydrogen-bond donors (Lipinski definition) is 1. The molecule has 0 amide bonds. The minimum Gasteiger partial charge on any atom is -0.351 e. The van der Waals surface area contributed by atoms with Gasteiger partial charge in [0.15, 0.2) is 0 Å². The summed E-state index contributed by atoms with van der Waals surface area (Å²) in [7, 11) is 0. The number of nitrogens with one attached hydrogen (secondary N) is 1. The fourth-order valence-corrected chi connectivity index (χ4v) is 1.92. The number of aromatic nitrogens is 2. The highest BCUT2D eigenvalue weighted by Crippen LogP contribution is 2.02. The first-order valence-corrected chi connectivity index (χ1v) is 6.14. The predicted octanol–water partition coefficient (Wildman–Crippen LogP) is 2.24. The average molecular weight is 229 g/mol. The largest absolute Gasteiger partial charge is 0.351 e. The summed E-state index contributed by atoms with van der Waals surface area (Å²) in [5.74, 6) is 0. The Balaban J connectivity index is 1.73. The Labute approximate surface area is 103 Å². The minimum atomic E-state index is 0.936. The van der Waals surface area contributed by atoms with Gasteiger partial charge >= 0.3 is 0 Å². The van der Waals surface area contributed by atoms with Crippen LogP contribution in [0.25, 0.3) is 0 Å². The van der Waals surface area contributed by atoms with E-state index in [0.29, 0.717) is 0 Å². The van der Waals surface area contributed by atoms with Crippen molar-refractivity contribution >= 4 is 0 Å². The fourth-order valence-electron chi connectivity index (χ4n) is 1.92. The molecule has 0 radical (unpaired) electrons. The van der Waals surface area contributed by atoms with Crippen LogP contribution in [0.1, 0.15) is 18.2 Å². The van der Waals surface area contributed by atoms with Crippen LogP contribution in [0.3, 0.4) is 0 Å². The van der Waals surface area contributed by atoms with Crippen LogP contribution in [0, 0.1) is 0 Å². The molecule has 3 heteroatoms. The third-order valence-corrected chi connectivity index (χ3v) is 2.91. The van der Waals surface area contributed by atoms with Crippen LogP contribution >= 0.6 is 0 Å². The van der Waals surface area contributed by atoms with Crippen molar-refractivity contribution < 1.29 is 0 Å². The molecule has 1 N–H and O–H groups in total. The molecule has 0 unspecified atom stereocenters. The molecule has 2 aromatic rings. The molecule has 0 aromatic carbocycles. The SMILES string of the molecule is CCn1cccc1CNCCc1ccncc1. The maximum Gasteiger partial charge on any atom is 0.0359 e. The minimum absolute atomic E-state index is 0.936. The fraction of sp³-hybridized carbons (Fsp3) is 0.357. The van der Waals surface area contributed by atoms with Crippen molar-refractivity contribution in [3.8, 4) is 0 Å². The summed E-state index contributed by atoms with van der Waals surface area (Å²) in [5, 5.41) is 3.47. The molecule has 0 aliphatic heterocycles. The van der Waals surface area contributed by atoms with E-state index in [-0.39, 0.29) is 0 Å². The molecule has 0 bridgehead atoms. The Hall–Kier alpha value is -1.61. The van der Waals surface area contributed by atoms with Gasteiger partial charge in [0.1, 0.15) is 0 Å². The maximum atomic E-state index is 4.01. The summed E-state index contributed by atoms with van der Waals surface area (Å²) in [4.78, 5) is 4.01. The molecule has 17 heavy (non-hydrogen) atoms. The lowest BCUT2D eigenvalue weighted by Crippen LogP contribution is -2.18. The lowest BCUT2D eigenvalue weighted by atomic mass is 10.2. The van der Waals surface area contributed by atoms with Crippen LogP contribution in [0.4, 0.5) is 0 Å². The van der Waals surface area contributed by atoms with E-state index in [1.807, 2.05) is 12.4 Å². The zero-order valence-electron chi connectivity index (χ0n) is 10.3. The van der Waals surface area contributed by atoms with Gasteiger partial charge in [0.05, 0.1) is 0 Å². The summed E-state index contributed by atoms with van der Waals surface area (Å²) in [6.07, 6.45) is 6.87. The monoisotopic (exact) mass is 229 g/mol. The summed E-state index contributed by atoms with van der Waals surface area (Å²) in [6.45, 7) is 5.14. The molecule has 0 atom stereocenters. The number of hydrogen-bond acceptors (Lipinski definition) is 2. The molecule has 0 saturated carbocycles. The Kier molecular flexibility index (Phi) is 4.33. The topological polar surface area (TPSA) is 29.9 Å². The lowest BCUT2D eigenvalue weighted by Gasteiger charge is -2.08. The second-order valence-electron chi connectivity index (χ2n) is 4.07. The number of nitrogens with zero attached hydrogens (tertiary/aromatic N) is 2. The van der Waals surface area contributed by atoms with Crippen LogP contribution in [0.15, 0.2) is 42.9 Å². The van der Waals surface area contributed by atoms with Gasteiger partial charge in [-0.05, 0) is 49.7 Å². The van der Waals surface area contributed by atoms with E-state index < -0.39 is 0 Å². The van der Waals surface area contributed by atoms with Crippen molar-refractivity contribution in [2.24, 2.45) is 0 Å². The number of pyridine rings is 1. The third-order valence-electron chi connectivity index (χ3n) is 2.91. The second kappa shape index (κ2) is 6.21. The molecule has 3 nitrogen and oxygen atoms in total. The Bertz CT molecular complexity index is 434. The van der Waals surface area contributed by atoms with E-state index in [0.717, 1.165) is 26.1 Å². The van der Waals surface area contributed by atoms with E-state index in [1.165, 1.54) is 11.3 Å². The quantitative estimate of drug-likeness (QED) is 0.770. The van der Waals surface area contributed by atoms with Crippen molar-refractivity contribution in [3.05, 3.63) is 54.1 Å². The molecule has 0 saturated heterocycles. The van der Waals surface area contributed by atoms with E-state index >= 15 is 0 Å². The Morgan fingerprint density at radius 3 is 2.82 bits per heavy atom. The van der Waals surface area contributed by atoms with E-state index in [2.05, 4.69) is 52.3 Å². The van der Waals surface area contributed by atoms with Gasteiger partial charge in [-0.2, -0.15) is 0 Å².